The molecule has 0 bridgehead atoms. The summed E-state index contributed by atoms with van der Waals surface area (Å²) in [4.78, 5) is 13.1. The quantitative estimate of drug-likeness (QED) is 0.243. The molecule has 5 nitrogen and oxygen atoms in total. The average molecular weight is 584 g/mol. The maximum Gasteiger partial charge on any atom is 0.302 e. The van der Waals surface area contributed by atoms with E-state index in [1.165, 1.54) is 26.0 Å². The van der Waals surface area contributed by atoms with Crippen molar-refractivity contribution in [2.24, 2.45) is 0 Å². The van der Waals surface area contributed by atoms with Gasteiger partial charge in [-0.3, -0.25) is 0 Å². The Kier molecular flexibility index (Phi) is 8.52. The monoisotopic (exact) mass is 582 g/mol. The highest BCUT2D eigenvalue weighted by Gasteiger charge is 2.54. The maximum atomic E-state index is 15.9. The van der Waals surface area contributed by atoms with Gasteiger partial charge in [0.25, 0.3) is 0 Å². The van der Waals surface area contributed by atoms with E-state index in [9.17, 15) is 0 Å². The number of fused-ring (bicyclic) bond motifs is 1. The van der Waals surface area contributed by atoms with Crippen LogP contribution in [0.15, 0.2) is 34.9 Å². The second kappa shape index (κ2) is 10.7. The molecule has 2 heterocycles. The predicted molar refractivity (Wildman–Crippen MR) is 144 cm³/mol. The van der Waals surface area contributed by atoms with Crippen LogP contribution in [0.3, 0.4) is 0 Å². The van der Waals surface area contributed by atoms with Gasteiger partial charge in [0.2, 0.25) is 0 Å². The van der Waals surface area contributed by atoms with Crippen LogP contribution in [-0.4, -0.2) is 28.9 Å². The van der Waals surface area contributed by atoms with Crippen LogP contribution in [0, 0.1) is 12.7 Å². The summed E-state index contributed by atoms with van der Waals surface area (Å²) in [5.41, 5.74) is -1.94. The molecule has 1 aromatic carbocycles. The predicted octanol–water partition coefficient (Wildman–Crippen LogP) is 8.30. The van der Waals surface area contributed by atoms with Crippen LogP contribution >= 0.6 is 15.9 Å². The number of aryl methyl sites for hydroxylation is 1. The molecular weight excluding hydrogens is 549 g/mol. The molecule has 1 N–H and O–H groups in total. The second-order valence-corrected chi connectivity index (χ2v) is 15.3. The first-order valence-electron chi connectivity index (χ1n) is 12.2. The third kappa shape index (κ3) is 5.45. The van der Waals surface area contributed by atoms with Gasteiger partial charge in [0.1, 0.15) is 23.1 Å². The number of aromatic nitrogens is 3. The normalized spacial score (nSPS) is 13.8. The average Bonchev–Trinajstić information content (AvgIpc) is 2.82. The molecule has 0 fully saturated rings. The SMILES string of the molecule is CC[Si](CC)(CC)OC(C)(C)C(F)(F)c1cccc(C(C)Nc2nc(C)nc3ncc(Br)cc23)c1F. The number of rotatable bonds is 10. The number of halogens is 4. The van der Waals surface area contributed by atoms with E-state index in [-0.39, 0.29) is 5.56 Å². The van der Waals surface area contributed by atoms with Crippen LogP contribution in [0.5, 0.6) is 0 Å². The second-order valence-electron chi connectivity index (χ2n) is 9.65. The fourth-order valence-electron chi connectivity index (χ4n) is 4.51. The molecule has 2 aromatic heterocycles. The van der Waals surface area contributed by atoms with Gasteiger partial charge in [0.15, 0.2) is 14.0 Å². The topological polar surface area (TPSA) is 59.9 Å². The number of anilines is 1. The van der Waals surface area contributed by atoms with Crippen molar-refractivity contribution in [3.63, 3.8) is 0 Å². The molecule has 0 saturated heterocycles. The maximum absolute atomic E-state index is 15.9. The Labute approximate surface area is 220 Å². The van der Waals surface area contributed by atoms with E-state index in [0.29, 0.717) is 22.7 Å². The Balaban J connectivity index is 1.99. The van der Waals surface area contributed by atoms with Gasteiger partial charge in [-0.2, -0.15) is 8.78 Å². The molecular formula is C26H34BrF3N4OSi. The summed E-state index contributed by atoms with van der Waals surface area (Å²) >= 11 is 3.40. The van der Waals surface area contributed by atoms with Crippen LogP contribution in [0.25, 0.3) is 11.0 Å². The summed E-state index contributed by atoms with van der Waals surface area (Å²) in [6.07, 6.45) is 1.63. The molecule has 0 aliphatic carbocycles. The summed E-state index contributed by atoms with van der Waals surface area (Å²) in [5, 5.41) is 3.81. The lowest BCUT2D eigenvalue weighted by Crippen LogP contribution is -2.52. The molecule has 0 aliphatic heterocycles. The van der Waals surface area contributed by atoms with Crippen LogP contribution in [0.2, 0.25) is 18.1 Å². The third-order valence-electron chi connectivity index (χ3n) is 6.98. The highest BCUT2D eigenvalue weighted by atomic mass is 79.9. The van der Waals surface area contributed by atoms with Gasteiger partial charge in [-0.25, -0.2) is 19.3 Å². The summed E-state index contributed by atoms with van der Waals surface area (Å²) in [6.45, 7) is 12.1. The highest BCUT2D eigenvalue weighted by molar-refractivity contribution is 9.10. The Morgan fingerprint density at radius 1 is 1.11 bits per heavy atom. The number of nitrogens with one attached hydrogen (secondary N) is 1. The zero-order valence-electron chi connectivity index (χ0n) is 21.8. The Morgan fingerprint density at radius 3 is 2.36 bits per heavy atom. The van der Waals surface area contributed by atoms with E-state index in [2.05, 4.69) is 36.2 Å². The fraction of sp³-hybridized carbons (Fsp3) is 0.500. The molecule has 10 heteroatoms. The first kappa shape index (κ1) is 28.5. The third-order valence-corrected chi connectivity index (χ3v) is 12.2. The first-order chi connectivity index (χ1) is 16.8. The van der Waals surface area contributed by atoms with E-state index in [4.69, 9.17) is 4.43 Å². The Hall–Kier alpha value is -2.04. The van der Waals surface area contributed by atoms with E-state index in [0.717, 1.165) is 28.7 Å². The first-order valence-corrected chi connectivity index (χ1v) is 15.6. The highest BCUT2D eigenvalue weighted by Crippen LogP contribution is 2.46. The lowest BCUT2D eigenvalue weighted by molar-refractivity contribution is -0.161. The number of hydrogen-bond acceptors (Lipinski definition) is 5. The molecule has 3 rings (SSSR count). The van der Waals surface area contributed by atoms with Gasteiger partial charge in [-0.05, 0) is 73.9 Å². The van der Waals surface area contributed by atoms with Gasteiger partial charge in [-0.15, -0.1) is 0 Å². The molecule has 0 spiro atoms. The number of pyridine rings is 1. The molecule has 36 heavy (non-hydrogen) atoms. The lowest BCUT2D eigenvalue weighted by atomic mass is 9.91. The minimum Gasteiger partial charge on any atom is -0.405 e. The van der Waals surface area contributed by atoms with Crippen LogP contribution in [0.1, 0.15) is 64.5 Å². The van der Waals surface area contributed by atoms with Crippen molar-refractivity contribution in [3.8, 4) is 0 Å². The number of benzene rings is 1. The van der Waals surface area contributed by atoms with E-state index in [1.807, 2.05) is 26.8 Å². The lowest BCUT2D eigenvalue weighted by Gasteiger charge is -2.42. The van der Waals surface area contributed by atoms with Crippen molar-refractivity contribution >= 4 is 41.1 Å². The van der Waals surface area contributed by atoms with E-state index in [1.54, 1.807) is 20.0 Å². The van der Waals surface area contributed by atoms with Gasteiger partial charge in [0.05, 0.1) is 17.0 Å². The van der Waals surface area contributed by atoms with Crippen molar-refractivity contribution in [2.45, 2.75) is 84.2 Å². The molecule has 1 atom stereocenters. The Morgan fingerprint density at radius 2 is 1.75 bits per heavy atom. The molecule has 1 unspecified atom stereocenters. The van der Waals surface area contributed by atoms with Crippen molar-refractivity contribution in [1.29, 1.82) is 0 Å². The molecule has 0 radical (unpaired) electrons. The van der Waals surface area contributed by atoms with Crippen LogP contribution in [-0.2, 0) is 10.3 Å². The number of alkyl halides is 2. The molecule has 0 amide bonds. The van der Waals surface area contributed by atoms with Crippen LogP contribution < -0.4 is 5.32 Å². The standard InChI is InChI=1S/C26H34BrF3N4OSi/c1-8-36(9-2,10-3)35-25(6,7)26(29,30)21-13-11-12-19(22(21)28)16(4)32-24-20-14-18(27)15-31-23(20)33-17(5)34-24/h11-16H,8-10H2,1-7H3,(H,31,32,33,34). The minimum absolute atomic E-state index is 0.111. The summed E-state index contributed by atoms with van der Waals surface area (Å²) in [7, 11) is -2.37. The van der Waals surface area contributed by atoms with E-state index >= 15 is 13.2 Å². The largest absolute Gasteiger partial charge is 0.405 e. The zero-order chi connectivity index (χ0) is 26.9. The van der Waals surface area contributed by atoms with Crippen molar-refractivity contribution < 1.29 is 17.6 Å². The van der Waals surface area contributed by atoms with Gasteiger partial charge >= 0.3 is 5.92 Å². The molecule has 0 saturated carbocycles. The summed E-state index contributed by atoms with van der Waals surface area (Å²) in [6, 6.07) is 7.44. The number of nitrogens with zero attached hydrogens (tertiary/aromatic N) is 3. The summed E-state index contributed by atoms with van der Waals surface area (Å²) < 4.78 is 54.5. The smallest absolute Gasteiger partial charge is 0.302 e. The van der Waals surface area contributed by atoms with Crippen LogP contribution in [0.4, 0.5) is 19.0 Å². The molecule has 196 valence electrons. The van der Waals surface area contributed by atoms with Crippen molar-refractivity contribution in [1.82, 2.24) is 15.0 Å². The van der Waals surface area contributed by atoms with Gasteiger partial charge in [0, 0.05) is 16.2 Å². The number of hydrogen-bond donors (Lipinski definition) is 1. The minimum atomic E-state index is -3.54. The zero-order valence-corrected chi connectivity index (χ0v) is 24.4. The molecule has 0 aliphatic rings. The summed E-state index contributed by atoms with van der Waals surface area (Å²) in [5.74, 6) is -3.56. The fourth-order valence-corrected chi connectivity index (χ4v) is 7.99. The Bertz CT molecular complexity index is 1230. The van der Waals surface area contributed by atoms with Crippen molar-refractivity contribution in [2.75, 3.05) is 5.32 Å². The molecule has 3 aromatic rings. The van der Waals surface area contributed by atoms with Gasteiger partial charge < -0.3 is 9.74 Å². The van der Waals surface area contributed by atoms with E-state index < -0.39 is 37.3 Å². The van der Waals surface area contributed by atoms with Crippen molar-refractivity contribution in [3.05, 3.63) is 57.7 Å². The van der Waals surface area contributed by atoms with Gasteiger partial charge in [-0.1, -0.05) is 32.9 Å².